The largest absolute Gasteiger partial charge is 0.480 e. The van der Waals surface area contributed by atoms with E-state index >= 15 is 0 Å². The molecule has 0 radical (unpaired) electrons. The summed E-state index contributed by atoms with van der Waals surface area (Å²) >= 11 is 0. The Morgan fingerprint density at radius 1 is 1.27 bits per heavy atom. The van der Waals surface area contributed by atoms with Gasteiger partial charge in [0.15, 0.2) is 0 Å². The van der Waals surface area contributed by atoms with Gasteiger partial charge in [0.25, 0.3) is 0 Å². The topological polar surface area (TPSA) is 136 Å². The quantitative estimate of drug-likeness (QED) is 0.505. The van der Waals surface area contributed by atoms with E-state index in [9.17, 15) is 19.2 Å². The van der Waals surface area contributed by atoms with Gasteiger partial charge in [-0.05, 0) is 19.3 Å². The van der Waals surface area contributed by atoms with Gasteiger partial charge in [0.05, 0.1) is 0 Å². The van der Waals surface area contributed by atoms with Crippen molar-refractivity contribution in [1.29, 1.82) is 0 Å². The predicted molar refractivity (Wildman–Crippen MR) is 75.2 cm³/mol. The van der Waals surface area contributed by atoms with E-state index < -0.39 is 42.5 Å². The molecule has 2 unspecified atom stereocenters. The summed E-state index contributed by atoms with van der Waals surface area (Å²) in [6, 6.07) is -1.73. The van der Waals surface area contributed by atoms with Crippen LogP contribution in [0, 0.1) is 0 Å². The van der Waals surface area contributed by atoms with Gasteiger partial charge in [-0.15, -0.1) is 0 Å². The number of carboxylic acids is 1. The van der Waals surface area contributed by atoms with Gasteiger partial charge < -0.3 is 25.7 Å². The first-order valence-corrected chi connectivity index (χ1v) is 7.16. The lowest BCUT2D eigenvalue weighted by Crippen LogP contribution is -2.52. The van der Waals surface area contributed by atoms with Crippen LogP contribution >= 0.6 is 0 Å². The molecule has 0 aliphatic carbocycles. The number of carbonyl (C=O) groups excluding carboxylic acids is 2. The Morgan fingerprint density at radius 2 is 1.95 bits per heavy atom. The normalized spacial score (nSPS) is 18.6. The Morgan fingerprint density at radius 3 is 2.50 bits per heavy atom. The smallest absolute Gasteiger partial charge is 0.405 e. The predicted octanol–water partition coefficient (Wildman–Crippen LogP) is -0.385. The van der Waals surface area contributed by atoms with Gasteiger partial charge in [-0.1, -0.05) is 13.3 Å². The average Bonchev–Trinajstić information content (AvgIpc) is 2.93. The zero-order chi connectivity index (χ0) is 16.7. The van der Waals surface area contributed by atoms with Crippen LogP contribution in [-0.2, 0) is 14.4 Å². The number of amides is 3. The van der Waals surface area contributed by atoms with Gasteiger partial charge in [0.2, 0.25) is 11.8 Å². The highest BCUT2D eigenvalue weighted by Crippen LogP contribution is 2.17. The van der Waals surface area contributed by atoms with Crippen LogP contribution in [-0.4, -0.2) is 64.2 Å². The molecule has 9 nitrogen and oxygen atoms in total. The maximum atomic E-state index is 12.2. The number of nitrogens with zero attached hydrogens (tertiary/aromatic N) is 1. The monoisotopic (exact) mass is 315 g/mol. The summed E-state index contributed by atoms with van der Waals surface area (Å²) in [6.45, 7) is 1.76. The second kappa shape index (κ2) is 8.20. The molecule has 0 spiro atoms. The Kier molecular flexibility index (Phi) is 6.61. The van der Waals surface area contributed by atoms with Crippen molar-refractivity contribution >= 4 is 23.9 Å². The van der Waals surface area contributed by atoms with Crippen LogP contribution in [0.3, 0.4) is 0 Å². The maximum Gasteiger partial charge on any atom is 0.405 e. The lowest BCUT2D eigenvalue weighted by molar-refractivity contribution is -0.143. The van der Waals surface area contributed by atoms with Gasteiger partial charge in [-0.3, -0.25) is 9.59 Å². The standard InChI is InChI=1S/C13H21N3O6/c1-2-4-8(12(19)20)15-11(18)9-5-3-6-16(9)10(17)7-14-13(21)22/h8-9,14H,2-7H2,1H3,(H,15,18)(H,19,20)(H,21,22). The highest BCUT2D eigenvalue weighted by Gasteiger charge is 2.35. The number of hydrogen-bond acceptors (Lipinski definition) is 4. The third kappa shape index (κ3) is 4.90. The van der Waals surface area contributed by atoms with Crippen LogP contribution in [0.15, 0.2) is 0 Å². The molecule has 1 heterocycles. The van der Waals surface area contributed by atoms with Gasteiger partial charge in [0, 0.05) is 6.54 Å². The summed E-state index contributed by atoms with van der Waals surface area (Å²) in [6.07, 6.45) is 0.642. The first kappa shape index (κ1) is 17.7. The molecule has 124 valence electrons. The van der Waals surface area contributed by atoms with Crippen LogP contribution in [0.5, 0.6) is 0 Å². The minimum Gasteiger partial charge on any atom is -0.480 e. The van der Waals surface area contributed by atoms with E-state index in [4.69, 9.17) is 10.2 Å². The molecule has 9 heteroatoms. The molecule has 0 aromatic rings. The van der Waals surface area contributed by atoms with Crippen molar-refractivity contribution in [1.82, 2.24) is 15.5 Å². The van der Waals surface area contributed by atoms with Crippen molar-refractivity contribution in [3.8, 4) is 0 Å². The van der Waals surface area contributed by atoms with Crippen molar-refractivity contribution in [2.45, 2.75) is 44.7 Å². The van der Waals surface area contributed by atoms with Gasteiger partial charge in [-0.25, -0.2) is 9.59 Å². The first-order chi connectivity index (χ1) is 10.4. The molecule has 22 heavy (non-hydrogen) atoms. The molecule has 0 aromatic heterocycles. The zero-order valence-electron chi connectivity index (χ0n) is 12.4. The van der Waals surface area contributed by atoms with E-state index in [-0.39, 0.29) is 0 Å². The van der Waals surface area contributed by atoms with Crippen molar-refractivity contribution in [2.75, 3.05) is 13.1 Å². The van der Waals surface area contributed by atoms with Crippen LogP contribution in [0.1, 0.15) is 32.6 Å². The first-order valence-electron chi connectivity index (χ1n) is 7.16. The Labute approximate surface area is 127 Å². The number of nitrogens with one attached hydrogen (secondary N) is 2. The highest BCUT2D eigenvalue weighted by molar-refractivity contribution is 5.91. The second-order valence-electron chi connectivity index (χ2n) is 5.09. The zero-order valence-corrected chi connectivity index (χ0v) is 12.4. The minimum atomic E-state index is -1.32. The third-order valence-corrected chi connectivity index (χ3v) is 3.46. The van der Waals surface area contributed by atoms with Crippen molar-refractivity contribution in [3.05, 3.63) is 0 Å². The molecular formula is C13H21N3O6. The number of rotatable bonds is 7. The summed E-state index contributed by atoms with van der Waals surface area (Å²) < 4.78 is 0. The molecule has 1 fully saturated rings. The lowest BCUT2D eigenvalue weighted by atomic mass is 10.1. The van der Waals surface area contributed by atoms with E-state index in [0.717, 1.165) is 0 Å². The highest BCUT2D eigenvalue weighted by atomic mass is 16.4. The number of likely N-dealkylation sites (tertiary alicyclic amines) is 1. The number of carbonyl (C=O) groups is 4. The molecule has 0 bridgehead atoms. The summed E-state index contributed by atoms with van der Waals surface area (Å²) in [4.78, 5) is 46.8. The van der Waals surface area contributed by atoms with Gasteiger partial charge in [0.1, 0.15) is 18.6 Å². The number of carboxylic acid groups (broad SMARTS) is 2. The lowest BCUT2D eigenvalue weighted by Gasteiger charge is -2.25. The second-order valence-corrected chi connectivity index (χ2v) is 5.09. The molecule has 1 aliphatic rings. The van der Waals surface area contributed by atoms with E-state index in [1.54, 1.807) is 0 Å². The molecule has 0 aromatic carbocycles. The van der Waals surface area contributed by atoms with Gasteiger partial charge >= 0.3 is 12.1 Å². The third-order valence-electron chi connectivity index (χ3n) is 3.46. The number of aliphatic carboxylic acids is 1. The van der Waals surface area contributed by atoms with E-state index in [0.29, 0.717) is 32.2 Å². The molecule has 1 saturated heterocycles. The van der Waals surface area contributed by atoms with Crippen LogP contribution < -0.4 is 10.6 Å². The van der Waals surface area contributed by atoms with Crippen molar-refractivity contribution < 1.29 is 29.4 Å². The van der Waals surface area contributed by atoms with E-state index in [1.807, 2.05) is 12.2 Å². The van der Waals surface area contributed by atoms with Crippen molar-refractivity contribution in [3.63, 3.8) is 0 Å². The summed E-state index contributed by atoms with van der Waals surface area (Å²) in [5, 5.41) is 21.9. The fourth-order valence-electron chi connectivity index (χ4n) is 2.40. The Hall–Kier alpha value is -2.32. The SMILES string of the molecule is CCCC(NC(=O)C1CCCN1C(=O)CNC(=O)O)C(=O)O. The molecule has 2 atom stereocenters. The Bertz CT molecular complexity index is 453. The van der Waals surface area contributed by atoms with Crippen LogP contribution in [0.25, 0.3) is 0 Å². The summed E-state index contributed by atoms with van der Waals surface area (Å²) in [5.41, 5.74) is 0. The van der Waals surface area contributed by atoms with Crippen LogP contribution in [0.2, 0.25) is 0 Å². The number of hydrogen-bond donors (Lipinski definition) is 4. The van der Waals surface area contributed by atoms with Crippen molar-refractivity contribution in [2.24, 2.45) is 0 Å². The fourth-order valence-corrected chi connectivity index (χ4v) is 2.40. The maximum absolute atomic E-state index is 12.2. The fraction of sp³-hybridized carbons (Fsp3) is 0.692. The summed E-state index contributed by atoms with van der Waals surface area (Å²) in [7, 11) is 0. The minimum absolute atomic E-state index is 0.308. The molecular weight excluding hydrogens is 294 g/mol. The molecule has 4 N–H and O–H groups in total. The molecule has 1 rings (SSSR count). The molecule has 1 aliphatic heterocycles. The van der Waals surface area contributed by atoms with Gasteiger partial charge in [-0.2, -0.15) is 0 Å². The molecule has 0 saturated carbocycles. The van der Waals surface area contributed by atoms with E-state index in [2.05, 4.69) is 5.32 Å². The Balaban J connectivity index is 2.64. The average molecular weight is 315 g/mol. The van der Waals surface area contributed by atoms with E-state index in [1.165, 1.54) is 4.90 Å². The summed E-state index contributed by atoms with van der Waals surface area (Å²) in [5.74, 6) is -2.12. The van der Waals surface area contributed by atoms with Crippen LogP contribution in [0.4, 0.5) is 4.79 Å². The molecule has 3 amide bonds.